The van der Waals surface area contributed by atoms with Gasteiger partial charge in [0.05, 0.1) is 0 Å². The molecule has 0 fully saturated rings. The Morgan fingerprint density at radius 1 is 0.947 bits per heavy atom. The van der Waals surface area contributed by atoms with Crippen LogP contribution < -0.4 is 0 Å². The van der Waals surface area contributed by atoms with Crippen molar-refractivity contribution in [2.45, 2.75) is 19.3 Å². The predicted molar refractivity (Wildman–Crippen MR) is 78.1 cm³/mol. The van der Waals surface area contributed by atoms with Gasteiger partial charge in [-0.25, -0.2) is 0 Å². The number of fused-ring (bicyclic) bond motifs is 1. The van der Waals surface area contributed by atoms with Crippen molar-refractivity contribution in [2.75, 3.05) is 0 Å². The number of rotatable bonds is 1. The van der Waals surface area contributed by atoms with Gasteiger partial charge in [0.25, 0.3) is 0 Å². The summed E-state index contributed by atoms with van der Waals surface area (Å²) in [6.07, 6.45) is 19.2. The van der Waals surface area contributed by atoms with Crippen molar-refractivity contribution in [2.24, 2.45) is 5.92 Å². The summed E-state index contributed by atoms with van der Waals surface area (Å²) in [6, 6.07) is 0. The summed E-state index contributed by atoms with van der Waals surface area (Å²) >= 11 is 0. The maximum Gasteiger partial charge on any atom is 0.484 e. The molecular weight excluding hydrogens is 235 g/mol. The first kappa shape index (κ1) is 12.5. The van der Waals surface area contributed by atoms with Gasteiger partial charge in [0.1, 0.15) is 0 Å². The van der Waals surface area contributed by atoms with Gasteiger partial charge in [-0.3, -0.25) is 0 Å². The van der Waals surface area contributed by atoms with Crippen LogP contribution in [0.15, 0.2) is 70.8 Å². The zero-order chi connectivity index (χ0) is 13.2. The Morgan fingerprint density at radius 2 is 1.74 bits per heavy atom. The molecule has 2 N–H and O–H groups in total. The first-order chi connectivity index (χ1) is 9.25. The van der Waals surface area contributed by atoms with Crippen LogP contribution in [0.25, 0.3) is 0 Å². The van der Waals surface area contributed by atoms with Crippen LogP contribution >= 0.6 is 0 Å². The fourth-order valence-electron chi connectivity index (χ4n) is 3.07. The Morgan fingerprint density at radius 3 is 2.53 bits per heavy atom. The number of allylic oxidation sites excluding steroid dienone is 12. The summed E-state index contributed by atoms with van der Waals surface area (Å²) in [5, 5.41) is 19.0. The second-order valence-electron chi connectivity index (χ2n) is 5.20. The van der Waals surface area contributed by atoms with Crippen LogP contribution in [0.1, 0.15) is 19.3 Å². The van der Waals surface area contributed by atoms with E-state index >= 15 is 0 Å². The third-order valence-corrected chi connectivity index (χ3v) is 4.06. The summed E-state index contributed by atoms with van der Waals surface area (Å²) in [4.78, 5) is 0. The van der Waals surface area contributed by atoms with Crippen molar-refractivity contribution in [3.05, 3.63) is 70.8 Å². The first-order valence-corrected chi connectivity index (χ1v) is 6.76. The van der Waals surface area contributed by atoms with Gasteiger partial charge in [0, 0.05) is 5.92 Å². The molecule has 0 aromatic heterocycles. The minimum atomic E-state index is -1.32. The Bertz CT molecular complexity index is 559. The standard InChI is InChI=1S/C16H17BO2/c18-17(19)16-10-8-13-6-4-2-1-3-5-12-7-9-14(16)15(13)11-12/h1-7,9,15,18-19H,8,10-11H2/b3-1-,4-2+,12-5-,13-6-. The molecular formula is C16H17BO2. The van der Waals surface area contributed by atoms with E-state index in [4.69, 9.17) is 0 Å². The zero-order valence-corrected chi connectivity index (χ0v) is 10.8. The van der Waals surface area contributed by atoms with Crippen molar-refractivity contribution in [3.63, 3.8) is 0 Å². The molecule has 0 amide bonds. The fourth-order valence-corrected chi connectivity index (χ4v) is 3.07. The van der Waals surface area contributed by atoms with Crippen LogP contribution in [0.3, 0.4) is 0 Å². The number of hydrogen-bond acceptors (Lipinski definition) is 2. The lowest BCUT2D eigenvalue weighted by atomic mass is 9.63. The quantitative estimate of drug-likeness (QED) is 0.704. The average Bonchev–Trinajstić information content (AvgIpc) is 2.42. The van der Waals surface area contributed by atoms with E-state index in [2.05, 4.69) is 30.4 Å². The molecule has 1 atom stereocenters. The minimum absolute atomic E-state index is 0.304. The van der Waals surface area contributed by atoms with Crippen molar-refractivity contribution in [1.82, 2.24) is 0 Å². The van der Waals surface area contributed by atoms with E-state index in [-0.39, 0.29) is 0 Å². The highest BCUT2D eigenvalue weighted by Gasteiger charge is 2.32. The summed E-state index contributed by atoms with van der Waals surface area (Å²) in [6.45, 7) is 0. The highest BCUT2D eigenvalue weighted by Crippen LogP contribution is 2.42. The Balaban J connectivity index is 2.12. The molecule has 0 saturated heterocycles. The van der Waals surface area contributed by atoms with Crippen molar-refractivity contribution in [3.8, 4) is 0 Å². The van der Waals surface area contributed by atoms with Crippen LogP contribution in [0.5, 0.6) is 0 Å². The van der Waals surface area contributed by atoms with Gasteiger partial charge in [-0.05, 0) is 35.9 Å². The van der Waals surface area contributed by atoms with Gasteiger partial charge < -0.3 is 10.0 Å². The van der Waals surface area contributed by atoms with E-state index < -0.39 is 7.12 Å². The normalized spacial score (nSPS) is 33.9. The smallest absolute Gasteiger partial charge is 0.423 e. The molecule has 3 aliphatic carbocycles. The Labute approximate surface area is 114 Å². The Kier molecular flexibility index (Phi) is 3.41. The molecule has 3 heteroatoms. The van der Waals surface area contributed by atoms with Crippen LogP contribution in [0, 0.1) is 5.92 Å². The largest absolute Gasteiger partial charge is 0.484 e. The fraction of sp³-hybridized carbons (Fsp3) is 0.250. The molecule has 0 saturated carbocycles. The molecule has 0 aliphatic heterocycles. The van der Waals surface area contributed by atoms with Crippen molar-refractivity contribution >= 4 is 7.12 Å². The molecule has 19 heavy (non-hydrogen) atoms. The van der Waals surface area contributed by atoms with Gasteiger partial charge in [-0.2, -0.15) is 0 Å². The van der Waals surface area contributed by atoms with E-state index in [0.717, 1.165) is 30.3 Å². The third-order valence-electron chi connectivity index (χ3n) is 4.06. The average molecular weight is 252 g/mol. The van der Waals surface area contributed by atoms with E-state index in [1.54, 1.807) is 0 Å². The lowest BCUT2D eigenvalue weighted by molar-refractivity contribution is 0.412. The maximum absolute atomic E-state index is 9.52. The van der Waals surface area contributed by atoms with Crippen LogP contribution in [-0.2, 0) is 0 Å². The SMILES string of the molecule is OB(O)C1=C2C=C/C3=C/C=C\C=C\C=C(\CC1)C2C3. The minimum Gasteiger partial charge on any atom is -0.423 e. The van der Waals surface area contributed by atoms with E-state index in [1.807, 2.05) is 18.2 Å². The van der Waals surface area contributed by atoms with E-state index in [0.29, 0.717) is 5.92 Å². The zero-order valence-electron chi connectivity index (χ0n) is 10.8. The van der Waals surface area contributed by atoms with Gasteiger partial charge in [0.2, 0.25) is 0 Å². The molecule has 1 unspecified atom stereocenters. The van der Waals surface area contributed by atoms with Crippen LogP contribution in [0.4, 0.5) is 0 Å². The molecule has 0 aromatic carbocycles. The first-order valence-electron chi connectivity index (χ1n) is 6.76. The number of hydrogen-bond donors (Lipinski definition) is 2. The maximum atomic E-state index is 9.52. The molecule has 2 nitrogen and oxygen atoms in total. The van der Waals surface area contributed by atoms with E-state index in [1.165, 1.54) is 11.1 Å². The predicted octanol–water partition coefficient (Wildman–Crippen LogP) is 2.64. The van der Waals surface area contributed by atoms with Gasteiger partial charge in [-0.1, -0.05) is 54.2 Å². The molecule has 96 valence electrons. The molecule has 0 heterocycles. The van der Waals surface area contributed by atoms with E-state index in [9.17, 15) is 10.0 Å². The van der Waals surface area contributed by atoms with Crippen LogP contribution in [0.2, 0.25) is 0 Å². The highest BCUT2D eigenvalue weighted by molar-refractivity contribution is 6.51. The summed E-state index contributed by atoms with van der Waals surface area (Å²) in [5.74, 6) is 0.304. The molecule has 0 radical (unpaired) electrons. The Hall–Kier alpha value is -1.58. The highest BCUT2D eigenvalue weighted by atomic mass is 16.4. The lowest BCUT2D eigenvalue weighted by Gasteiger charge is -2.33. The van der Waals surface area contributed by atoms with Crippen molar-refractivity contribution in [1.29, 1.82) is 0 Å². The van der Waals surface area contributed by atoms with Gasteiger partial charge >= 0.3 is 7.12 Å². The molecule has 0 spiro atoms. The summed E-state index contributed by atoms with van der Waals surface area (Å²) in [7, 11) is -1.32. The molecule has 3 aliphatic rings. The topological polar surface area (TPSA) is 40.5 Å². The lowest BCUT2D eigenvalue weighted by Crippen LogP contribution is -2.26. The molecule has 0 aromatic rings. The monoisotopic (exact) mass is 252 g/mol. The second-order valence-corrected chi connectivity index (χ2v) is 5.20. The third kappa shape index (κ3) is 2.44. The van der Waals surface area contributed by atoms with Crippen LogP contribution in [-0.4, -0.2) is 17.2 Å². The second kappa shape index (κ2) is 5.20. The van der Waals surface area contributed by atoms with Gasteiger partial charge in [-0.15, -0.1) is 0 Å². The summed E-state index contributed by atoms with van der Waals surface area (Å²) in [5.41, 5.74) is 4.57. The van der Waals surface area contributed by atoms with Crippen molar-refractivity contribution < 1.29 is 10.0 Å². The summed E-state index contributed by atoms with van der Waals surface area (Å²) < 4.78 is 0. The molecule has 2 bridgehead atoms. The van der Waals surface area contributed by atoms with Gasteiger partial charge in [0.15, 0.2) is 0 Å². The molecule has 3 rings (SSSR count).